The highest BCUT2D eigenvalue weighted by Gasteiger charge is 2.64. The van der Waals surface area contributed by atoms with Crippen LogP contribution in [0.25, 0.3) is 0 Å². The number of halogens is 2. The minimum atomic E-state index is -5.98. The molecule has 2 fully saturated rings. The molecule has 0 aromatic rings. The molecule has 31 heavy (non-hydrogen) atoms. The van der Waals surface area contributed by atoms with Crippen molar-refractivity contribution in [3.05, 3.63) is 12.2 Å². The minimum absolute atomic E-state index is 0.0945. The molecule has 174 valence electrons. The first kappa shape index (κ1) is 23.7. The molecule has 3 rings (SSSR count). The smallest absolute Gasteiger partial charge is 0.460 e. The van der Waals surface area contributed by atoms with Crippen LogP contribution in [0.4, 0.5) is 8.78 Å². The monoisotopic (exact) mass is 465 g/mol. The van der Waals surface area contributed by atoms with E-state index in [2.05, 4.69) is 9.02 Å². The number of unbranched alkanes of at least 4 members (excludes halogenated alkanes) is 5. The molecule has 1 N–H and O–H groups in total. The van der Waals surface area contributed by atoms with Crippen molar-refractivity contribution in [3.8, 4) is 0 Å². The van der Waals surface area contributed by atoms with Crippen molar-refractivity contribution >= 4 is 27.9 Å². The van der Waals surface area contributed by atoms with Gasteiger partial charge in [0.25, 0.3) is 11.8 Å². The van der Waals surface area contributed by atoms with E-state index < -0.39 is 51.6 Å². The van der Waals surface area contributed by atoms with Gasteiger partial charge in [-0.3, -0.25) is 9.59 Å². The first-order chi connectivity index (χ1) is 14.6. The number of nitrogens with zero attached hydrogens (tertiary/aromatic N) is 1. The van der Waals surface area contributed by atoms with Crippen LogP contribution in [-0.4, -0.2) is 54.8 Å². The van der Waals surface area contributed by atoms with Gasteiger partial charge in [-0.05, 0) is 31.1 Å². The number of carbonyl (C=O) groups is 3. The van der Waals surface area contributed by atoms with Gasteiger partial charge in [-0.15, -0.1) is 9.35 Å². The predicted octanol–water partition coefficient (Wildman–Crippen LogP) is 1.52. The van der Waals surface area contributed by atoms with Crippen molar-refractivity contribution in [1.29, 1.82) is 0 Å². The van der Waals surface area contributed by atoms with Gasteiger partial charge in [0.15, 0.2) is 0 Å². The van der Waals surface area contributed by atoms with E-state index in [1.165, 1.54) is 0 Å². The van der Waals surface area contributed by atoms with E-state index in [4.69, 9.17) is 5.11 Å². The second kappa shape index (κ2) is 9.29. The van der Waals surface area contributed by atoms with Crippen molar-refractivity contribution in [2.24, 2.45) is 23.7 Å². The molecule has 1 heterocycles. The summed E-state index contributed by atoms with van der Waals surface area (Å²) in [5.41, 5.74) is 0. The molecule has 12 heteroatoms. The van der Waals surface area contributed by atoms with Crippen molar-refractivity contribution < 1.29 is 45.7 Å². The molecule has 9 nitrogen and oxygen atoms in total. The second-order valence-electron chi connectivity index (χ2n) is 8.00. The fourth-order valence-corrected chi connectivity index (χ4v) is 5.07. The maximum Gasteiger partial charge on any atom is 0.467 e. The summed E-state index contributed by atoms with van der Waals surface area (Å²) in [6.45, 7) is -0.318. The molecule has 1 saturated heterocycles. The number of hydrogen-bond acceptors (Lipinski definition) is 8. The first-order valence-corrected chi connectivity index (χ1v) is 11.7. The summed E-state index contributed by atoms with van der Waals surface area (Å²) < 4.78 is 61.0. The average Bonchev–Trinajstić information content (AvgIpc) is 3.39. The fraction of sp³-hybridized carbons (Fsp3) is 0.737. The summed E-state index contributed by atoms with van der Waals surface area (Å²) in [6, 6.07) is 0. The van der Waals surface area contributed by atoms with E-state index >= 15 is 0 Å². The van der Waals surface area contributed by atoms with E-state index in [9.17, 15) is 31.6 Å². The number of carbonyl (C=O) groups excluding carboxylic acids is 3. The molecule has 0 aromatic carbocycles. The Kier molecular flexibility index (Phi) is 7.11. The molecule has 1 saturated carbocycles. The number of allylic oxidation sites excluding steroid dienone is 2. The number of aliphatic hydroxyl groups excluding tert-OH is 1. The molecular formula is C19H25F2NO8S. The van der Waals surface area contributed by atoms with Crippen LogP contribution in [0.15, 0.2) is 12.2 Å². The highest BCUT2D eigenvalue weighted by Crippen LogP contribution is 2.52. The highest BCUT2D eigenvalue weighted by molar-refractivity contribution is 7.88. The number of ether oxygens (including phenoxy) is 1. The van der Waals surface area contributed by atoms with Gasteiger partial charge in [-0.25, -0.2) is 4.79 Å². The topological polar surface area (TPSA) is 127 Å². The molecule has 3 aliphatic rings. The van der Waals surface area contributed by atoms with E-state index in [-0.39, 0.29) is 29.9 Å². The van der Waals surface area contributed by atoms with Crippen molar-refractivity contribution in [1.82, 2.24) is 5.06 Å². The van der Waals surface area contributed by atoms with Crippen LogP contribution in [0, 0.1) is 23.7 Å². The third-order valence-electron chi connectivity index (χ3n) is 5.94. The molecule has 1 aliphatic heterocycles. The van der Waals surface area contributed by atoms with Gasteiger partial charge >= 0.3 is 21.3 Å². The quantitative estimate of drug-likeness (QED) is 0.199. The van der Waals surface area contributed by atoms with Gasteiger partial charge < -0.3 is 9.84 Å². The maximum atomic E-state index is 14.2. The fourth-order valence-electron chi connectivity index (χ4n) is 4.37. The highest BCUT2D eigenvalue weighted by atomic mass is 32.2. The molecular weight excluding hydrogens is 440 g/mol. The number of esters is 1. The van der Waals surface area contributed by atoms with Gasteiger partial charge in [0.1, 0.15) is 0 Å². The zero-order chi connectivity index (χ0) is 22.8. The molecule has 2 amide bonds. The Morgan fingerprint density at radius 1 is 1.03 bits per heavy atom. The first-order valence-electron chi connectivity index (χ1n) is 10.3. The molecule has 4 unspecified atom stereocenters. The molecule has 0 aromatic heterocycles. The SMILES string of the molecule is O=C1C2C3C=CC(C3)C2C(=O)N1OS(=O)(=O)C(F)(F)C(=O)OCCCCCCCCO. The van der Waals surface area contributed by atoms with Gasteiger partial charge in [-0.1, -0.05) is 37.8 Å². The summed E-state index contributed by atoms with van der Waals surface area (Å²) in [5.74, 6) is -6.53. The number of alkyl halides is 2. The average molecular weight is 465 g/mol. The summed E-state index contributed by atoms with van der Waals surface area (Å²) >= 11 is 0. The number of hydroxylamine groups is 2. The van der Waals surface area contributed by atoms with Crippen LogP contribution in [0.2, 0.25) is 0 Å². The van der Waals surface area contributed by atoms with E-state index in [1.54, 1.807) is 12.2 Å². The van der Waals surface area contributed by atoms with Crippen molar-refractivity contribution in [3.63, 3.8) is 0 Å². The summed E-state index contributed by atoms with van der Waals surface area (Å²) in [6.07, 6.45) is 7.93. The summed E-state index contributed by atoms with van der Waals surface area (Å²) in [4.78, 5) is 36.5. The second-order valence-corrected chi connectivity index (χ2v) is 9.57. The maximum absolute atomic E-state index is 14.2. The molecule has 4 atom stereocenters. The Labute approximate surface area is 178 Å². The Morgan fingerprint density at radius 3 is 2.10 bits per heavy atom. The molecule has 0 radical (unpaired) electrons. The van der Waals surface area contributed by atoms with Crippen LogP contribution < -0.4 is 0 Å². The summed E-state index contributed by atoms with van der Waals surface area (Å²) in [7, 11) is -5.98. The lowest BCUT2D eigenvalue weighted by Crippen LogP contribution is -2.45. The van der Waals surface area contributed by atoms with Crippen LogP contribution >= 0.6 is 0 Å². The standard InChI is InChI=1S/C19H25F2NO8S/c20-19(21,18(26)29-10-6-4-2-1-3-5-9-23)31(27,28)30-22-16(24)14-12-7-8-13(11-12)15(14)17(22)25/h7-8,12-15,23H,1-6,9-11H2. The van der Waals surface area contributed by atoms with E-state index in [1.807, 2.05) is 0 Å². The molecule has 2 bridgehead atoms. The normalized spacial score (nSPS) is 27.3. The number of imide groups is 1. The minimum Gasteiger partial charge on any atom is -0.460 e. The lowest BCUT2D eigenvalue weighted by Gasteiger charge is -2.19. The van der Waals surface area contributed by atoms with Crippen LogP contribution in [0.3, 0.4) is 0 Å². The number of fused-ring (bicyclic) bond motifs is 5. The van der Waals surface area contributed by atoms with Crippen LogP contribution in [0.1, 0.15) is 44.9 Å². The van der Waals surface area contributed by atoms with Crippen molar-refractivity contribution in [2.75, 3.05) is 13.2 Å². The van der Waals surface area contributed by atoms with Gasteiger partial charge in [0.05, 0.1) is 18.4 Å². The molecule has 0 spiro atoms. The number of rotatable bonds is 12. The van der Waals surface area contributed by atoms with E-state index in [0.29, 0.717) is 19.3 Å². The Hall–Kier alpha value is -1.92. The summed E-state index contributed by atoms with van der Waals surface area (Å²) in [5, 5.41) is 3.44. The third-order valence-corrected chi connectivity index (χ3v) is 7.08. The van der Waals surface area contributed by atoms with Crippen molar-refractivity contribution in [2.45, 2.75) is 50.2 Å². The van der Waals surface area contributed by atoms with E-state index in [0.717, 1.165) is 19.3 Å². The Morgan fingerprint density at radius 2 is 1.55 bits per heavy atom. The van der Waals surface area contributed by atoms with Gasteiger partial charge in [0, 0.05) is 6.61 Å². The zero-order valence-corrected chi connectivity index (χ0v) is 17.6. The lowest BCUT2D eigenvalue weighted by atomic mass is 9.85. The largest absolute Gasteiger partial charge is 0.467 e. The van der Waals surface area contributed by atoms with Crippen LogP contribution in [0.5, 0.6) is 0 Å². The predicted molar refractivity (Wildman–Crippen MR) is 100 cm³/mol. The lowest BCUT2D eigenvalue weighted by molar-refractivity contribution is -0.172. The number of aliphatic hydroxyl groups is 1. The number of hydrogen-bond donors (Lipinski definition) is 1. The third kappa shape index (κ3) is 4.51. The number of amides is 2. The zero-order valence-electron chi connectivity index (χ0n) is 16.7. The van der Waals surface area contributed by atoms with Crippen LogP contribution in [-0.2, 0) is 33.5 Å². The molecule has 2 aliphatic carbocycles. The van der Waals surface area contributed by atoms with Gasteiger partial charge in [-0.2, -0.15) is 17.2 Å². The Balaban J connectivity index is 1.51. The van der Waals surface area contributed by atoms with Gasteiger partial charge in [0.2, 0.25) is 0 Å². The Bertz CT molecular complexity index is 829.